The van der Waals surface area contributed by atoms with Gasteiger partial charge in [0.25, 0.3) is 0 Å². The molecule has 0 aliphatic carbocycles. The number of nitrogens with zero attached hydrogens (tertiary/aromatic N) is 3. The Morgan fingerprint density at radius 2 is 1.80 bits per heavy atom. The number of imidazole rings is 1. The van der Waals surface area contributed by atoms with Gasteiger partial charge in [-0.3, -0.25) is 4.79 Å². The molecule has 41 heavy (non-hydrogen) atoms. The van der Waals surface area contributed by atoms with E-state index in [4.69, 9.17) is 0 Å². The molecule has 0 unspecified atom stereocenters. The van der Waals surface area contributed by atoms with Crippen molar-refractivity contribution in [3.8, 4) is 11.1 Å². The number of urea groups is 1. The molecular formula is C32H33F3N4O2. The van der Waals surface area contributed by atoms with Crippen molar-refractivity contribution >= 4 is 17.5 Å². The first-order valence-corrected chi connectivity index (χ1v) is 13.7. The smallest absolute Gasteiger partial charge is 0.333 e. The highest BCUT2D eigenvalue weighted by atomic mass is 19.4. The van der Waals surface area contributed by atoms with Crippen molar-refractivity contribution in [2.75, 3.05) is 6.54 Å². The van der Waals surface area contributed by atoms with Crippen LogP contribution in [0.2, 0.25) is 0 Å². The van der Waals surface area contributed by atoms with Crippen molar-refractivity contribution in [2.24, 2.45) is 0 Å². The Bertz CT molecular complexity index is 1570. The first kappa shape index (κ1) is 28.4. The molecule has 0 spiro atoms. The number of alkyl halides is 3. The fourth-order valence-corrected chi connectivity index (χ4v) is 5.32. The summed E-state index contributed by atoms with van der Waals surface area (Å²) in [7, 11) is 0. The molecule has 0 atom stereocenters. The minimum absolute atomic E-state index is 0.0568. The zero-order chi connectivity index (χ0) is 29.4. The van der Waals surface area contributed by atoms with Gasteiger partial charge in [0.15, 0.2) is 5.78 Å². The summed E-state index contributed by atoms with van der Waals surface area (Å²) in [6.45, 7) is 6.29. The number of hydrogen-bond acceptors (Lipinski definition) is 3. The standard InChI is InChI=1S/C32H33F3N4O2/c1-31(2,3)37-30(41)39-17-15-25-24(21-8-6-9-22(18-21)32(33,34)35)13-14-26(27(25)20-39)28(40)11-7-10-23-19-38-16-5-4-12-29(38)36-23/h4-6,8-9,12-14,16,18-19H,7,10-11,15,17,20H2,1-3H3,(H,37,41). The Kier molecular flexibility index (Phi) is 7.64. The Morgan fingerprint density at radius 1 is 1.00 bits per heavy atom. The van der Waals surface area contributed by atoms with Crippen molar-refractivity contribution in [3.63, 3.8) is 0 Å². The van der Waals surface area contributed by atoms with Crippen molar-refractivity contribution in [1.82, 2.24) is 19.6 Å². The number of halogens is 3. The van der Waals surface area contributed by atoms with Gasteiger partial charge in [0.05, 0.1) is 11.3 Å². The Balaban J connectivity index is 1.43. The van der Waals surface area contributed by atoms with Crippen molar-refractivity contribution in [2.45, 2.75) is 64.7 Å². The maximum absolute atomic E-state index is 13.5. The molecule has 6 nitrogen and oxygen atoms in total. The van der Waals surface area contributed by atoms with E-state index in [2.05, 4.69) is 10.3 Å². The first-order valence-electron chi connectivity index (χ1n) is 13.7. The Morgan fingerprint density at radius 3 is 2.54 bits per heavy atom. The van der Waals surface area contributed by atoms with E-state index in [9.17, 15) is 22.8 Å². The normalized spacial score (nSPS) is 13.8. The van der Waals surface area contributed by atoms with Crippen LogP contribution in [-0.4, -0.2) is 38.2 Å². The largest absolute Gasteiger partial charge is 0.416 e. The number of ketones is 1. The van der Waals surface area contributed by atoms with E-state index in [0.717, 1.165) is 29.0 Å². The van der Waals surface area contributed by atoms with Gasteiger partial charge in [-0.15, -0.1) is 0 Å². The van der Waals surface area contributed by atoms with E-state index >= 15 is 0 Å². The summed E-state index contributed by atoms with van der Waals surface area (Å²) < 4.78 is 42.3. The Labute approximate surface area is 237 Å². The SMILES string of the molecule is CC(C)(C)NC(=O)N1CCc2c(-c3cccc(C(F)(F)F)c3)ccc(C(=O)CCCc3cn4ccccc4n3)c2C1. The predicted octanol–water partition coefficient (Wildman–Crippen LogP) is 7.09. The molecule has 9 heteroatoms. The fraction of sp³-hybridized carbons (Fsp3) is 0.344. The summed E-state index contributed by atoms with van der Waals surface area (Å²) in [4.78, 5) is 32.8. The van der Waals surface area contributed by atoms with Gasteiger partial charge in [-0.2, -0.15) is 13.2 Å². The van der Waals surface area contributed by atoms with E-state index in [0.29, 0.717) is 48.1 Å². The molecule has 0 bridgehead atoms. The molecule has 1 aliphatic heterocycles. The van der Waals surface area contributed by atoms with Crippen LogP contribution in [0.3, 0.4) is 0 Å². The lowest BCUT2D eigenvalue weighted by Gasteiger charge is -2.34. The molecular weight excluding hydrogens is 529 g/mol. The maximum atomic E-state index is 13.5. The molecule has 0 saturated carbocycles. The second-order valence-corrected chi connectivity index (χ2v) is 11.5. The van der Waals surface area contributed by atoms with E-state index in [1.165, 1.54) is 6.07 Å². The molecule has 1 aliphatic rings. The number of hydrogen-bond donors (Lipinski definition) is 1. The molecule has 0 saturated heterocycles. The van der Waals surface area contributed by atoms with E-state index in [1.807, 2.05) is 55.8 Å². The quantitative estimate of drug-likeness (QED) is 0.255. The number of rotatable bonds is 6. The van der Waals surface area contributed by atoms with Crippen LogP contribution < -0.4 is 5.32 Å². The summed E-state index contributed by atoms with van der Waals surface area (Å²) in [5.41, 5.74) is 3.71. The van der Waals surface area contributed by atoms with Crippen molar-refractivity contribution < 1.29 is 22.8 Å². The summed E-state index contributed by atoms with van der Waals surface area (Å²) in [5, 5.41) is 2.97. The molecule has 5 rings (SSSR count). The van der Waals surface area contributed by atoms with E-state index in [-0.39, 0.29) is 24.8 Å². The third-order valence-corrected chi connectivity index (χ3v) is 7.23. The van der Waals surface area contributed by atoms with E-state index < -0.39 is 17.3 Å². The number of carbonyl (C=O) groups excluding carboxylic acids is 2. The number of benzene rings is 2. The van der Waals surface area contributed by atoms with Crippen LogP contribution in [0, 0.1) is 0 Å². The lowest BCUT2D eigenvalue weighted by Crippen LogP contribution is -2.50. The molecule has 2 aromatic carbocycles. The molecule has 214 valence electrons. The van der Waals surface area contributed by atoms with Gasteiger partial charge in [0.2, 0.25) is 0 Å². The lowest BCUT2D eigenvalue weighted by atomic mass is 9.85. The summed E-state index contributed by atoms with van der Waals surface area (Å²) in [6.07, 6.45) is 1.38. The summed E-state index contributed by atoms with van der Waals surface area (Å²) in [5.74, 6) is -0.0568. The second-order valence-electron chi connectivity index (χ2n) is 11.5. The molecule has 0 radical (unpaired) electrons. The van der Waals surface area contributed by atoms with Crippen LogP contribution in [0.5, 0.6) is 0 Å². The molecule has 4 aromatic rings. The number of fused-ring (bicyclic) bond motifs is 2. The number of Topliss-reactive ketones (excluding diaryl/α,β-unsaturated/α-hetero) is 1. The molecule has 2 amide bonds. The van der Waals surface area contributed by atoms with E-state index in [1.54, 1.807) is 23.1 Å². The minimum Gasteiger partial charge on any atom is -0.333 e. The third-order valence-electron chi connectivity index (χ3n) is 7.23. The van der Waals surface area contributed by atoms with Crippen LogP contribution in [0.15, 0.2) is 67.0 Å². The topological polar surface area (TPSA) is 66.7 Å². The predicted molar refractivity (Wildman–Crippen MR) is 152 cm³/mol. The summed E-state index contributed by atoms with van der Waals surface area (Å²) in [6, 6.07) is 14.2. The highest BCUT2D eigenvalue weighted by Gasteiger charge is 2.32. The number of amides is 2. The lowest BCUT2D eigenvalue weighted by molar-refractivity contribution is -0.137. The van der Waals surface area contributed by atoms with Crippen LogP contribution >= 0.6 is 0 Å². The molecule has 2 aromatic heterocycles. The number of aromatic nitrogens is 2. The zero-order valence-electron chi connectivity index (χ0n) is 23.4. The number of nitrogens with one attached hydrogen (secondary N) is 1. The third kappa shape index (κ3) is 6.45. The minimum atomic E-state index is -4.46. The second kappa shape index (κ2) is 11.0. The van der Waals surface area contributed by atoms with Gasteiger partial charge in [-0.25, -0.2) is 9.78 Å². The van der Waals surface area contributed by atoms with Gasteiger partial charge in [0.1, 0.15) is 5.65 Å². The van der Waals surface area contributed by atoms with Crippen LogP contribution in [0.1, 0.15) is 66.4 Å². The van der Waals surface area contributed by atoms with Crippen molar-refractivity contribution in [3.05, 3.63) is 94.9 Å². The van der Waals surface area contributed by atoms with Crippen molar-refractivity contribution in [1.29, 1.82) is 0 Å². The monoisotopic (exact) mass is 562 g/mol. The number of pyridine rings is 1. The zero-order valence-corrected chi connectivity index (χ0v) is 23.4. The van der Waals surface area contributed by atoms with Gasteiger partial charge in [-0.1, -0.05) is 30.3 Å². The summed E-state index contributed by atoms with van der Waals surface area (Å²) >= 11 is 0. The van der Waals surface area contributed by atoms with Crippen LogP contribution in [0.25, 0.3) is 16.8 Å². The van der Waals surface area contributed by atoms with Gasteiger partial charge >= 0.3 is 12.2 Å². The number of aryl methyl sites for hydroxylation is 1. The maximum Gasteiger partial charge on any atom is 0.416 e. The molecule has 3 heterocycles. The van der Waals surface area contributed by atoms with Gasteiger partial charge in [-0.05, 0) is 86.6 Å². The molecule has 0 fully saturated rings. The molecule has 1 N–H and O–H groups in total. The first-order chi connectivity index (χ1) is 19.4. The van der Waals surface area contributed by atoms with Crippen LogP contribution in [0.4, 0.5) is 18.0 Å². The van der Waals surface area contributed by atoms with Gasteiger partial charge in [0, 0.05) is 43.0 Å². The number of carbonyl (C=O) groups is 2. The van der Waals surface area contributed by atoms with Crippen LogP contribution in [-0.2, 0) is 25.6 Å². The average Bonchev–Trinajstić information content (AvgIpc) is 3.33. The fourth-order valence-electron chi connectivity index (χ4n) is 5.32. The highest BCUT2D eigenvalue weighted by molar-refractivity contribution is 5.99. The Hall–Kier alpha value is -4.14. The average molecular weight is 563 g/mol. The highest BCUT2D eigenvalue weighted by Crippen LogP contribution is 2.37. The van der Waals surface area contributed by atoms with Gasteiger partial charge < -0.3 is 14.6 Å².